The molecule has 0 bridgehead atoms. The summed E-state index contributed by atoms with van der Waals surface area (Å²) in [4.78, 5) is 27.3. The van der Waals surface area contributed by atoms with Gasteiger partial charge in [-0.25, -0.2) is 4.79 Å². The Balaban J connectivity index is 1.39. The highest BCUT2D eigenvalue weighted by molar-refractivity contribution is 5.92. The van der Waals surface area contributed by atoms with Crippen molar-refractivity contribution >= 4 is 18.0 Å². The SMILES string of the molecule is CCOC(=O)c1ccc(OC[C@H]2c3cc(OC)c(OC)cc3CCN2C(=O)/C=C/c2ccc3c(c2)OCO3)cc1. The average Bonchev–Trinajstić information content (AvgIpc) is 3.46. The van der Waals surface area contributed by atoms with Gasteiger partial charge in [0, 0.05) is 12.6 Å². The van der Waals surface area contributed by atoms with Crippen LogP contribution in [0.15, 0.2) is 60.7 Å². The lowest BCUT2D eigenvalue weighted by molar-refractivity contribution is -0.129. The fourth-order valence-electron chi connectivity index (χ4n) is 4.83. The fraction of sp³-hybridized carbons (Fsp3) is 0.290. The lowest BCUT2D eigenvalue weighted by Gasteiger charge is -2.37. The van der Waals surface area contributed by atoms with E-state index in [4.69, 9.17) is 28.4 Å². The van der Waals surface area contributed by atoms with Crippen LogP contribution in [0, 0.1) is 0 Å². The molecule has 0 spiro atoms. The van der Waals surface area contributed by atoms with Crippen LogP contribution in [0.4, 0.5) is 0 Å². The standard InChI is InChI=1S/C31H31NO8/c1-4-37-31(34)21-7-9-23(10-8-21)38-18-25-24-17-28(36-3)27(35-2)16-22(24)13-14-32(25)30(33)12-6-20-5-11-26-29(15-20)40-19-39-26/h5-12,15-17,25H,4,13-14,18-19H2,1-3H3/b12-6+/t25-/m0/s1. The number of ether oxygens (including phenoxy) is 6. The van der Waals surface area contributed by atoms with E-state index >= 15 is 0 Å². The van der Waals surface area contributed by atoms with E-state index in [1.54, 1.807) is 62.5 Å². The molecule has 9 nitrogen and oxygen atoms in total. The minimum Gasteiger partial charge on any atom is -0.493 e. The Morgan fingerprint density at radius 3 is 2.48 bits per heavy atom. The molecule has 1 atom stereocenters. The fourth-order valence-corrected chi connectivity index (χ4v) is 4.83. The van der Waals surface area contributed by atoms with Crippen molar-refractivity contribution in [2.45, 2.75) is 19.4 Å². The summed E-state index contributed by atoms with van der Waals surface area (Å²) in [5.74, 6) is 2.60. The Hall–Kier alpha value is -4.66. The van der Waals surface area contributed by atoms with Gasteiger partial charge in [0.15, 0.2) is 23.0 Å². The van der Waals surface area contributed by atoms with Crippen LogP contribution in [-0.2, 0) is 16.0 Å². The Labute approximate surface area is 232 Å². The topological polar surface area (TPSA) is 92.8 Å². The quantitative estimate of drug-likeness (QED) is 0.279. The molecule has 0 saturated heterocycles. The van der Waals surface area contributed by atoms with E-state index in [0.29, 0.717) is 53.9 Å². The van der Waals surface area contributed by atoms with Crippen LogP contribution >= 0.6 is 0 Å². The molecular weight excluding hydrogens is 514 g/mol. The number of benzene rings is 3. The molecule has 2 heterocycles. The molecule has 3 aromatic carbocycles. The maximum absolute atomic E-state index is 13.5. The molecule has 2 aliphatic heterocycles. The van der Waals surface area contributed by atoms with E-state index in [1.807, 2.05) is 30.3 Å². The number of fused-ring (bicyclic) bond motifs is 2. The maximum Gasteiger partial charge on any atom is 0.338 e. The van der Waals surface area contributed by atoms with Gasteiger partial charge in [-0.3, -0.25) is 4.79 Å². The third kappa shape index (κ3) is 5.68. The predicted octanol–water partition coefficient (Wildman–Crippen LogP) is 4.83. The van der Waals surface area contributed by atoms with Gasteiger partial charge in [-0.15, -0.1) is 0 Å². The molecule has 0 aliphatic carbocycles. The van der Waals surface area contributed by atoms with E-state index in [-0.39, 0.29) is 31.3 Å². The summed E-state index contributed by atoms with van der Waals surface area (Å²) in [6, 6.07) is 15.8. The number of rotatable bonds is 9. The lowest BCUT2D eigenvalue weighted by atomic mass is 9.92. The molecule has 208 valence electrons. The van der Waals surface area contributed by atoms with Gasteiger partial charge in [0.05, 0.1) is 32.4 Å². The smallest absolute Gasteiger partial charge is 0.338 e. The van der Waals surface area contributed by atoms with Crippen LogP contribution in [0.25, 0.3) is 6.08 Å². The van der Waals surface area contributed by atoms with Crippen LogP contribution in [0.2, 0.25) is 0 Å². The van der Waals surface area contributed by atoms with Gasteiger partial charge in [-0.2, -0.15) is 0 Å². The summed E-state index contributed by atoms with van der Waals surface area (Å²) in [6.07, 6.45) is 3.98. The van der Waals surface area contributed by atoms with E-state index in [2.05, 4.69) is 0 Å². The van der Waals surface area contributed by atoms with E-state index < -0.39 is 0 Å². The molecule has 3 aromatic rings. The molecule has 0 radical (unpaired) electrons. The number of nitrogens with zero attached hydrogens (tertiary/aromatic N) is 1. The highest BCUT2D eigenvalue weighted by Gasteiger charge is 2.32. The number of hydrogen-bond donors (Lipinski definition) is 0. The van der Waals surface area contributed by atoms with Gasteiger partial charge in [-0.1, -0.05) is 6.07 Å². The predicted molar refractivity (Wildman–Crippen MR) is 147 cm³/mol. The summed E-state index contributed by atoms with van der Waals surface area (Å²) < 4.78 is 33.1. The lowest BCUT2D eigenvalue weighted by Crippen LogP contribution is -2.41. The van der Waals surface area contributed by atoms with Crippen molar-refractivity contribution in [3.05, 3.63) is 82.9 Å². The van der Waals surface area contributed by atoms with Gasteiger partial charge >= 0.3 is 5.97 Å². The van der Waals surface area contributed by atoms with Crippen LogP contribution in [0.5, 0.6) is 28.7 Å². The molecule has 9 heteroatoms. The second-order valence-electron chi connectivity index (χ2n) is 9.21. The van der Waals surface area contributed by atoms with Crippen molar-refractivity contribution in [1.29, 1.82) is 0 Å². The summed E-state index contributed by atoms with van der Waals surface area (Å²) >= 11 is 0. The van der Waals surface area contributed by atoms with Crippen molar-refractivity contribution in [3.63, 3.8) is 0 Å². The third-order valence-corrected chi connectivity index (χ3v) is 6.87. The van der Waals surface area contributed by atoms with Crippen LogP contribution in [0.3, 0.4) is 0 Å². The minimum absolute atomic E-state index is 0.149. The van der Waals surface area contributed by atoms with E-state index in [9.17, 15) is 9.59 Å². The summed E-state index contributed by atoms with van der Waals surface area (Å²) in [5.41, 5.74) is 3.26. The molecule has 0 aromatic heterocycles. The zero-order valence-corrected chi connectivity index (χ0v) is 22.7. The molecule has 5 rings (SSSR count). The largest absolute Gasteiger partial charge is 0.493 e. The molecule has 1 amide bonds. The zero-order valence-electron chi connectivity index (χ0n) is 22.7. The minimum atomic E-state index is -0.387. The Morgan fingerprint density at radius 2 is 1.73 bits per heavy atom. The number of methoxy groups -OCH3 is 2. The third-order valence-electron chi connectivity index (χ3n) is 6.87. The highest BCUT2D eigenvalue weighted by Crippen LogP contribution is 2.39. The van der Waals surface area contributed by atoms with Gasteiger partial charge < -0.3 is 33.3 Å². The zero-order chi connectivity index (χ0) is 28.1. The second kappa shape index (κ2) is 12.0. The van der Waals surface area contributed by atoms with Crippen molar-refractivity contribution in [3.8, 4) is 28.7 Å². The van der Waals surface area contributed by atoms with Crippen LogP contribution in [0.1, 0.15) is 40.0 Å². The number of hydrogen-bond acceptors (Lipinski definition) is 8. The first kappa shape index (κ1) is 26.9. The van der Waals surface area contributed by atoms with Crippen LogP contribution < -0.4 is 23.7 Å². The van der Waals surface area contributed by atoms with Gasteiger partial charge in [0.2, 0.25) is 12.7 Å². The average molecular weight is 546 g/mol. The number of carbonyl (C=O) groups is 2. The molecule has 0 saturated carbocycles. The number of amides is 1. The first-order valence-electron chi connectivity index (χ1n) is 13.0. The second-order valence-corrected chi connectivity index (χ2v) is 9.21. The summed E-state index contributed by atoms with van der Waals surface area (Å²) in [6.45, 7) is 2.96. The molecular formula is C31H31NO8. The normalized spacial score (nSPS) is 15.5. The molecule has 2 aliphatic rings. The molecule has 0 fully saturated rings. The molecule has 40 heavy (non-hydrogen) atoms. The van der Waals surface area contributed by atoms with Crippen molar-refractivity contribution in [2.75, 3.05) is 40.8 Å². The molecule has 0 unspecified atom stereocenters. The van der Waals surface area contributed by atoms with Crippen LogP contribution in [-0.4, -0.2) is 57.5 Å². The van der Waals surface area contributed by atoms with E-state index in [0.717, 1.165) is 16.7 Å². The number of esters is 1. The highest BCUT2D eigenvalue weighted by atomic mass is 16.7. The first-order chi connectivity index (χ1) is 19.5. The van der Waals surface area contributed by atoms with E-state index in [1.165, 1.54) is 0 Å². The Bertz CT molecular complexity index is 1420. The first-order valence-corrected chi connectivity index (χ1v) is 13.0. The number of carbonyl (C=O) groups excluding carboxylic acids is 2. The maximum atomic E-state index is 13.5. The van der Waals surface area contributed by atoms with Crippen molar-refractivity contribution in [1.82, 2.24) is 4.90 Å². The Morgan fingerprint density at radius 1 is 0.975 bits per heavy atom. The van der Waals surface area contributed by atoms with Gasteiger partial charge in [0.1, 0.15) is 12.4 Å². The molecule has 0 N–H and O–H groups in total. The van der Waals surface area contributed by atoms with Crippen molar-refractivity contribution < 1.29 is 38.0 Å². The van der Waals surface area contributed by atoms with Crippen molar-refractivity contribution in [2.24, 2.45) is 0 Å². The summed E-state index contributed by atoms with van der Waals surface area (Å²) in [7, 11) is 3.19. The summed E-state index contributed by atoms with van der Waals surface area (Å²) in [5, 5.41) is 0. The van der Waals surface area contributed by atoms with Gasteiger partial charge in [-0.05, 0) is 84.6 Å². The Kier molecular flexibility index (Phi) is 8.10. The van der Waals surface area contributed by atoms with Gasteiger partial charge in [0.25, 0.3) is 0 Å². The monoisotopic (exact) mass is 545 g/mol.